The highest BCUT2D eigenvalue weighted by Gasteiger charge is 2.33. The molecular formula is C66H56. The van der Waals surface area contributed by atoms with Crippen LogP contribution in [0.5, 0.6) is 0 Å². The molecule has 0 atom stereocenters. The summed E-state index contributed by atoms with van der Waals surface area (Å²) < 4.78 is 0. The van der Waals surface area contributed by atoms with Crippen molar-refractivity contribution >= 4 is 53.9 Å². The average molecular weight is 849 g/mol. The minimum atomic E-state index is 0.0280. The second kappa shape index (κ2) is 14.2. The Hall–Kier alpha value is -7.02. The molecule has 0 bridgehead atoms. The second-order valence-electron chi connectivity index (χ2n) is 22.1. The number of benzene rings is 11. The highest BCUT2D eigenvalue weighted by atomic mass is 14.4. The monoisotopic (exact) mass is 848 g/mol. The summed E-state index contributed by atoms with van der Waals surface area (Å²) in [5.41, 5.74) is 19.6. The van der Waals surface area contributed by atoms with Crippen molar-refractivity contribution in [3.05, 3.63) is 193 Å². The van der Waals surface area contributed by atoms with Crippen molar-refractivity contribution in [2.24, 2.45) is 0 Å². The van der Waals surface area contributed by atoms with Crippen LogP contribution in [0.1, 0.15) is 79.0 Å². The van der Waals surface area contributed by atoms with Crippen LogP contribution in [0.15, 0.2) is 176 Å². The number of hydrogen-bond donors (Lipinski definition) is 0. The fraction of sp³-hybridized carbons (Fsp3) is 0.182. The molecule has 0 nitrogen and oxygen atoms in total. The molecule has 0 heteroatoms. The van der Waals surface area contributed by atoms with Gasteiger partial charge in [-0.2, -0.15) is 0 Å². The molecule has 1 aliphatic carbocycles. The molecule has 0 radical (unpaired) electrons. The summed E-state index contributed by atoms with van der Waals surface area (Å²) in [5, 5.41) is 13.3. The van der Waals surface area contributed by atoms with Crippen LogP contribution in [-0.4, -0.2) is 0 Å². The Morgan fingerprint density at radius 2 is 0.636 bits per heavy atom. The minimum Gasteiger partial charge on any atom is -0.0616 e. The molecule has 0 unspecified atom stereocenters. The highest BCUT2D eigenvalue weighted by molar-refractivity contribution is 6.39. The second-order valence-corrected chi connectivity index (χ2v) is 22.1. The van der Waals surface area contributed by atoms with Crippen LogP contribution < -0.4 is 0 Å². The number of fused-ring (bicyclic) bond motifs is 6. The molecule has 0 saturated heterocycles. The molecule has 0 spiro atoms. The lowest BCUT2D eigenvalue weighted by Crippen LogP contribution is -2.11. The SMILES string of the molecule is CC(C)(C)c1ccc(-c2cccc(-c3c4c(c(-c5cccc(-c6ccc(C(C)(C)C)cc6)c5)c5ccccc35)-c3ccc5c6ccc(C(C)(C)C)c7cccc(c8ccc-4c3c85)c76)c2)cc1. The molecule has 0 aromatic heterocycles. The van der Waals surface area contributed by atoms with Gasteiger partial charge in [0.1, 0.15) is 0 Å². The predicted octanol–water partition coefficient (Wildman–Crippen LogP) is 19.1. The zero-order valence-electron chi connectivity index (χ0n) is 39.7. The minimum absolute atomic E-state index is 0.0280. The van der Waals surface area contributed by atoms with Gasteiger partial charge in [-0.1, -0.05) is 226 Å². The lowest BCUT2D eigenvalue weighted by Gasteiger charge is -2.24. The van der Waals surface area contributed by atoms with Gasteiger partial charge in [-0.05, 0) is 166 Å². The van der Waals surface area contributed by atoms with Gasteiger partial charge in [0.15, 0.2) is 0 Å². The van der Waals surface area contributed by atoms with Gasteiger partial charge in [-0.25, -0.2) is 0 Å². The predicted molar refractivity (Wildman–Crippen MR) is 287 cm³/mol. The van der Waals surface area contributed by atoms with Crippen molar-refractivity contribution < 1.29 is 0 Å². The molecular weight excluding hydrogens is 793 g/mol. The Morgan fingerprint density at radius 1 is 0.242 bits per heavy atom. The van der Waals surface area contributed by atoms with E-state index in [1.165, 1.54) is 137 Å². The third kappa shape index (κ3) is 6.11. The largest absolute Gasteiger partial charge is 0.0616 e. The smallest absolute Gasteiger partial charge is 0.000740 e. The molecule has 12 rings (SSSR count). The summed E-state index contributed by atoms with van der Waals surface area (Å²) in [4.78, 5) is 0. The molecule has 66 heavy (non-hydrogen) atoms. The first-order valence-electron chi connectivity index (χ1n) is 23.8. The molecule has 0 N–H and O–H groups in total. The summed E-state index contributed by atoms with van der Waals surface area (Å²) >= 11 is 0. The zero-order chi connectivity index (χ0) is 45.4. The van der Waals surface area contributed by atoms with Crippen LogP contribution in [0.4, 0.5) is 0 Å². The van der Waals surface area contributed by atoms with Crippen molar-refractivity contribution in [1.82, 2.24) is 0 Å². The van der Waals surface area contributed by atoms with Crippen molar-refractivity contribution in [3.8, 4) is 66.8 Å². The molecule has 0 fully saturated rings. The molecule has 0 heterocycles. The molecule has 0 amide bonds. The van der Waals surface area contributed by atoms with Gasteiger partial charge in [0, 0.05) is 0 Å². The lowest BCUT2D eigenvalue weighted by molar-refractivity contribution is 0.590. The first-order valence-corrected chi connectivity index (χ1v) is 23.8. The lowest BCUT2D eigenvalue weighted by atomic mass is 9.80. The third-order valence-corrected chi connectivity index (χ3v) is 14.8. The van der Waals surface area contributed by atoms with Crippen molar-refractivity contribution in [3.63, 3.8) is 0 Å². The van der Waals surface area contributed by atoms with Gasteiger partial charge >= 0.3 is 0 Å². The van der Waals surface area contributed by atoms with Crippen molar-refractivity contribution in [2.75, 3.05) is 0 Å². The Labute approximate surface area is 389 Å². The van der Waals surface area contributed by atoms with Gasteiger partial charge in [-0.3, -0.25) is 0 Å². The van der Waals surface area contributed by atoms with Crippen LogP contribution in [0.2, 0.25) is 0 Å². The van der Waals surface area contributed by atoms with E-state index in [2.05, 4.69) is 238 Å². The summed E-state index contributed by atoms with van der Waals surface area (Å²) in [6.45, 7) is 20.7. The van der Waals surface area contributed by atoms with Gasteiger partial charge < -0.3 is 0 Å². The van der Waals surface area contributed by atoms with Gasteiger partial charge in [0.25, 0.3) is 0 Å². The van der Waals surface area contributed by atoms with E-state index in [1.807, 2.05) is 0 Å². The first-order chi connectivity index (χ1) is 31.6. The molecule has 1 aliphatic rings. The Kier molecular flexibility index (Phi) is 8.73. The van der Waals surface area contributed by atoms with Crippen LogP contribution in [0.25, 0.3) is 121 Å². The van der Waals surface area contributed by atoms with Crippen LogP contribution in [0.3, 0.4) is 0 Å². The zero-order valence-corrected chi connectivity index (χ0v) is 39.7. The summed E-state index contributed by atoms with van der Waals surface area (Å²) in [5.74, 6) is 0. The Morgan fingerprint density at radius 3 is 1.11 bits per heavy atom. The fourth-order valence-electron chi connectivity index (χ4n) is 11.5. The van der Waals surface area contributed by atoms with E-state index in [0.29, 0.717) is 0 Å². The summed E-state index contributed by atoms with van der Waals surface area (Å²) in [7, 11) is 0. The van der Waals surface area contributed by atoms with Crippen LogP contribution >= 0.6 is 0 Å². The maximum atomic E-state index is 2.46. The highest BCUT2D eigenvalue weighted by Crippen LogP contribution is 2.60. The first kappa shape index (κ1) is 40.5. The van der Waals surface area contributed by atoms with Gasteiger partial charge in [0.05, 0.1) is 0 Å². The molecule has 320 valence electrons. The Bertz CT molecular complexity index is 3560. The van der Waals surface area contributed by atoms with E-state index in [-0.39, 0.29) is 16.2 Å². The average Bonchev–Trinajstić information content (AvgIpc) is 3.64. The van der Waals surface area contributed by atoms with E-state index in [4.69, 9.17) is 0 Å². The van der Waals surface area contributed by atoms with E-state index < -0.39 is 0 Å². The third-order valence-electron chi connectivity index (χ3n) is 14.8. The van der Waals surface area contributed by atoms with Crippen molar-refractivity contribution in [2.45, 2.75) is 78.6 Å². The van der Waals surface area contributed by atoms with Gasteiger partial charge in [0.2, 0.25) is 0 Å². The summed E-state index contributed by atoms with van der Waals surface area (Å²) in [6.07, 6.45) is 0. The molecule has 11 aromatic carbocycles. The van der Waals surface area contributed by atoms with E-state index >= 15 is 0 Å². The van der Waals surface area contributed by atoms with Crippen LogP contribution in [0, 0.1) is 0 Å². The van der Waals surface area contributed by atoms with Gasteiger partial charge in [-0.15, -0.1) is 0 Å². The number of hydrogen-bond acceptors (Lipinski definition) is 0. The fourth-order valence-corrected chi connectivity index (χ4v) is 11.5. The maximum absolute atomic E-state index is 2.46. The molecule has 0 saturated carbocycles. The van der Waals surface area contributed by atoms with Crippen LogP contribution in [-0.2, 0) is 16.2 Å². The number of rotatable bonds is 4. The van der Waals surface area contributed by atoms with E-state index in [1.54, 1.807) is 0 Å². The standard InChI is InChI=1S/C66H56/c1-64(2,3)45-27-23-39(24-28-45)41-15-12-17-43(37-41)57-47-19-10-11-20-48(47)58(44-18-13-16-42(38-44)40-25-29-46(30-26-40)65(4,5)6)63-55-34-32-52-50-35-36-56(66(7,8)9)53-22-14-21-49(59(50)53)51-31-33-54(62(57)63)61(55)60(51)52/h10-38H,1-9H3. The molecule has 0 aliphatic heterocycles. The quantitative estimate of drug-likeness (QED) is 0.122. The van der Waals surface area contributed by atoms with Crippen molar-refractivity contribution in [1.29, 1.82) is 0 Å². The normalized spacial score (nSPS) is 12.9. The molecule has 11 aromatic rings. The van der Waals surface area contributed by atoms with E-state index in [0.717, 1.165) is 0 Å². The summed E-state index contributed by atoms with van der Waals surface area (Å²) in [6, 6.07) is 67.8. The topological polar surface area (TPSA) is 0 Å². The maximum Gasteiger partial charge on any atom is -0.000740 e. The van der Waals surface area contributed by atoms with E-state index in [9.17, 15) is 0 Å². The Balaban J connectivity index is 1.17.